The predicted molar refractivity (Wildman–Crippen MR) is 93.2 cm³/mol. The maximum absolute atomic E-state index is 12.3. The second-order valence-corrected chi connectivity index (χ2v) is 6.54. The van der Waals surface area contributed by atoms with E-state index < -0.39 is 16.8 Å². The number of H-pyrrole nitrogens is 1. The first-order valence-electron chi connectivity index (χ1n) is 6.77. The topological polar surface area (TPSA) is 83.0 Å². The summed E-state index contributed by atoms with van der Waals surface area (Å²) in [4.78, 5) is 17.3. The van der Waals surface area contributed by atoms with Gasteiger partial charge in [0.1, 0.15) is 0 Å². The minimum absolute atomic E-state index is 0.416. The molecule has 0 bridgehead atoms. The lowest BCUT2D eigenvalue weighted by atomic mass is 10.2. The number of carboxylic acid groups (broad SMARTS) is 1. The van der Waals surface area contributed by atoms with Crippen LogP contribution in [0.2, 0.25) is 0 Å². The summed E-state index contributed by atoms with van der Waals surface area (Å²) in [6.45, 7) is 1.08. The van der Waals surface area contributed by atoms with Gasteiger partial charge in [-0.25, -0.2) is 4.98 Å². The molecule has 0 aliphatic carbocycles. The molecule has 0 saturated heterocycles. The Kier molecular flexibility index (Phi) is 5.95. The molecular weight excluding hydrogens is 332 g/mol. The number of aliphatic carboxylic acids is 1. The van der Waals surface area contributed by atoms with Gasteiger partial charge in [-0.05, 0) is 23.8 Å². The number of carbonyl (C=O) groups is 1. The Hall–Kier alpha value is -2.12. The molecule has 7 heteroatoms. The molecule has 23 heavy (non-hydrogen) atoms. The average molecular weight is 348 g/mol. The standard InChI is InChI=1S/C14H12N2OS2.C2H4O2/c17-19(9-10-5-1-4-8-13(10)18)14-15-11-6-2-3-7-12(11)16-14;1-2(3)4/h1-8,18H,9H2,(H,15,16);1H3,(H,3,4). The largest absolute Gasteiger partial charge is 0.481 e. The highest BCUT2D eigenvalue weighted by Gasteiger charge is 2.11. The molecule has 0 aliphatic heterocycles. The van der Waals surface area contributed by atoms with Crippen LogP contribution >= 0.6 is 12.6 Å². The van der Waals surface area contributed by atoms with Gasteiger partial charge in [0, 0.05) is 11.8 Å². The van der Waals surface area contributed by atoms with Crippen LogP contribution in [0.5, 0.6) is 0 Å². The van der Waals surface area contributed by atoms with E-state index in [0.29, 0.717) is 10.9 Å². The van der Waals surface area contributed by atoms with Gasteiger partial charge in [0.25, 0.3) is 5.97 Å². The monoisotopic (exact) mass is 348 g/mol. The van der Waals surface area contributed by atoms with Gasteiger partial charge in [0.15, 0.2) is 5.16 Å². The van der Waals surface area contributed by atoms with Crippen molar-refractivity contribution in [3.05, 3.63) is 54.1 Å². The average Bonchev–Trinajstić information content (AvgIpc) is 2.93. The fourth-order valence-electron chi connectivity index (χ4n) is 1.88. The van der Waals surface area contributed by atoms with Gasteiger partial charge < -0.3 is 10.1 Å². The van der Waals surface area contributed by atoms with Crippen LogP contribution in [0.25, 0.3) is 11.0 Å². The van der Waals surface area contributed by atoms with E-state index in [-0.39, 0.29) is 0 Å². The highest BCUT2D eigenvalue weighted by atomic mass is 32.2. The Morgan fingerprint density at radius 1 is 1.22 bits per heavy atom. The molecule has 5 nitrogen and oxygen atoms in total. The third-order valence-corrected chi connectivity index (χ3v) is 4.50. The molecule has 1 aromatic heterocycles. The zero-order valence-electron chi connectivity index (χ0n) is 12.4. The number of aromatic nitrogens is 2. The molecule has 0 radical (unpaired) electrons. The summed E-state index contributed by atoms with van der Waals surface area (Å²) in [5.41, 5.74) is 2.71. The number of nitrogens with one attached hydrogen (secondary N) is 1. The summed E-state index contributed by atoms with van der Waals surface area (Å²) in [6, 6.07) is 15.3. The summed E-state index contributed by atoms with van der Waals surface area (Å²) < 4.78 is 12.3. The maximum atomic E-state index is 12.3. The lowest BCUT2D eigenvalue weighted by Gasteiger charge is -2.02. The molecule has 1 unspecified atom stereocenters. The normalized spacial score (nSPS) is 11.6. The predicted octanol–water partition coefficient (Wildman–Crippen LogP) is 3.25. The third kappa shape index (κ3) is 4.94. The van der Waals surface area contributed by atoms with Crippen LogP contribution < -0.4 is 0 Å². The van der Waals surface area contributed by atoms with Gasteiger partial charge in [-0.1, -0.05) is 30.3 Å². The Bertz CT molecular complexity index is 809. The highest BCUT2D eigenvalue weighted by Crippen LogP contribution is 2.19. The smallest absolute Gasteiger partial charge is 0.300 e. The van der Waals surface area contributed by atoms with E-state index in [0.717, 1.165) is 28.4 Å². The Morgan fingerprint density at radius 3 is 2.48 bits per heavy atom. The van der Waals surface area contributed by atoms with Gasteiger partial charge in [-0.3, -0.25) is 9.00 Å². The van der Waals surface area contributed by atoms with Crippen LogP contribution in [-0.4, -0.2) is 25.3 Å². The lowest BCUT2D eigenvalue weighted by Crippen LogP contribution is -1.99. The SMILES string of the molecule is CC(=O)O.O=S(Cc1ccccc1S)c1nc2ccccc2[nH]1. The van der Waals surface area contributed by atoms with E-state index in [1.54, 1.807) is 0 Å². The zero-order valence-corrected chi connectivity index (χ0v) is 14.1. The summed E-state index contributed by atoms with van der Waals surface area (Å²) in [7, 11) is -1.19. The number of para-hydroxylation sites is 2. The van der Waals surface area contributed by atoms with E-state index >= 15 is 0 Å². The van der Waals surface area contributed by atoms with Crippen LogP contribution in [0.1, 0.15) is 12.5 Å². The van der Waals surface area contributed by atoms with Crippen LogP contribution in [0, 0.1) is 0 Å². The quantitative estimate of drug-likeness (QED) is 0.635. The lowest BCUT2D eigenvalue weighted by molar-refractivity contribution is -0.134. The Morgan fingerprint density at radius 2 is 1.83 bits per heavy atom. The summed E-state index contributed by atoms with van der Waals surface area (Å²) in [6.07, 6.45) is 0. The van der Waals surface area contributed by atoms with Gasteiger partial charge in [-0.15, -0.1) is 12.6 Å². The summed E-state index contributed by atoms with van der Waals surface area (Å²) in [5.74, 6) is -0.417. The van der Waals surface area contributed by atoms with E-state index in [4.69, 9.17) is 9.90 Å². The van der Waals surface area contributed by atoms with E-state index in [9.17, 15) is 4.21 Å². The summed E-state index contributed by atoms with van der Waals surface area (Å²) in [5, 5.41) is 7.93. The number of hydrogen-bond acceptors (Lipinski definition) is 4. The molecule has 1 atom stereocenters. The number of aromatic amines is 1. The molecule has 1 heterocycles. The molecule has 0 aliphatic rings. The van der Waals surface area contributed by atoms with Crippen molar-refractivity contribution in [3.63, 3.8) is 0 Å². The molecule has 2 aromatic carbocycles. The Labute approximate surface area is 141 Å². The number of hydrogen-bond donors (Lipinski definition) is 3. The molecule has 2 N–H and O–H groups in total. The first-order valence-corrected chi connectivity index (χ1v) is 8.53. The van der Waals surface area contributed by atoms with Crippen molar-refractivity contribution < 1.29 is 14.1 Å². The molecule has 0 saturated carbocycles. The van der Waals surface area contributed by atoms with Gasteiger partial charge in [-0.2, -0.15) is 0 Å². The van der Waals surface area contributed by atoms with Crippen molar-refractivity contribution in [1.82, 2.24) is 9.97 Å². The number of rotatable bonds is 3. The number of carboxylic acids is 1. The van der Waals surface area contributed by atoms with Gasteiger partial charge in [0.05, 0.1) is 27.6 Å². The maximum Gasteiger partial charge on any atom is 0.300 e. The van der Waals surface area contributed by atoms with Crippen molar-refractivity contribution in [2.45, 2.75) is 22.7 Å². The minimum atomic E-state index is -1.19. The van der Waals surface area contributed by atoms with Gasteiger partial charge in [0.2, 0.25) is 0 Å². The first kappa shape index (κ1) is 17.2. The van der Waals surface area contributed by atoms with Crippen molar-refractivity contribution >= 4 is 40.4 Å². The Balaban J connectivity index is 0.000000433. The minimum Gasteiger partial charge on any atom is -0.481 e. The first-order chi connectivity index (χ1) is 11.0. The molecule has 0 amide bonds. The number of nitrogens with zero attached hydrogens (tertiary/aromatic N) is 1. The van der Waals surface area contributed by atoms with Gasteiger partial charge >= 0.3 is 0 Å². The second kappa shape index (κ2) is 7.94. The number of fused-ring (bicyclic) bond motifs is 1. The van der Waals surface area contributed by atoms with Crippen LogP contribution in [0.15, 0.2) is 58.6 Å². The molecule has 3 aromatic rings. The zero-order chi connectivity index (χ0) is 16.8. The van der Waals surface area contributed by atoms with E-state index in [2.05, 4.69) is 22.6 Å². The number of benzene rings is 2. The number of imidazole rings is 1. The molecule has 120 valence electrons. The molecular formula is C16H16N2O3S2. The second-order valence-electron chi connectivity index (χ2n) is 4.70. The van der Waals surface area contributed by atoms with Crippen molar-refractivity contribution in [2.24, 2.45) is 0 Å². The van der Waals surface area contributed by atoms with E-state index in [1.807, 2.05) is 48.5 Å². The van der Waals surface area contributed by atoms with Crippen molar-refractivity contribution in [1.29, 1.82) is 0 Å². The highest BCUT2D eigenvalue weighted by molar-refractivity contribution is 7.84. The summed E-state index contributed by atoms with van der Waals surface area (Å²) >= 11 is 4.37. The van der Waals surface area contributed by atoms with Crippen LogP contribution in [0.4, 0.5) is 0 Å². The van der Waals surface area contributed by atoms with Crippen molar-refractivity contribution in [3.8, 4) is 0 Å². The third-order valence-electron chi connectivity index (χ3n) is 2.86. The molecule has 3 rings (SSSR count). The van der Waals surface area contributed by atoms with Crippen LogP contribution in [-0.2, 0) is 21.3 Å². The number of thiol groups is 1. The van der Waals surface area contributed by atoms with Crippen molar-refractivity contribution in [2.75, 3.05) is 0 Å². The fourth-order valence-corrected chi connectivity index (χ4v) is 3.32. The van der Waals surface area contributed by atoms with Crippen LogP contribution in [0.3, 0.4) is 0 Å². The molecule has 0 spiro atoms. The fraction of sp³-hybridized carbons (Fsp3) is 0.125. The molecule has 0 fully saturated rings. The van der Waals surface area contributed by atoms with E-state index in [1.165, 1.54) is 0 Å².